The molecule has 0 spiro atoms. The van der Waals surface area contributed by atoms with Crippen LogP contribution in [-0.2, 0) is 6.42 Å². The van der Waals surface area contributed by atoms with Gasteiger partial charge in [0.25, 0.3) is 0 Å². The molecule has 0 aliphatic carbocycles. The first-order valence-corrected chi connectivity index (χ1v) is 4.51. The van der Waals surface area contributed by atoms with Gasteiger partial charge in [-0.2, -0.15) is 0 Å². The minimum absolute atomic E-state index is 0.233. The Morgan fingerprint density at radius 1 is 1.43 bits per heavy atom. The molecule has 72 valence electrons. The summed E-state index contributed by atoms with van der Waals surface area (Å²) >= 11 is 0. The second kappa shape index (κ2) is 3.54. The van der Waals surface area contributed by atoms with Gasteiger partial charge in [-0.05, 0) is 24.1 Å². The summed E-state index contributed by atoms with van der Waals surface area (Å²) in [4.78, 5) is 4.00. The molecule has 2 rings (SSSR count). The standard InChI is InChI=1S/C11H11NO2/c1-2-8-3-4-11(13)9(5-8)10-6-14-7-12-10/h3-7,13H,2H2,1H3. The summed E-state index contributed by atoms with van der Waals surface area (Å²) in [6.45, 7) is 2.07. The van der Waals surface area contributed by atoms with E-state index >= 15 is 0 Å². The Bertz CT molecular complexity index is 421. The third-order valence-electron chi connectivity index (χ3n) is 2.18. The number of phenols is 1. The summed E-state index contributed by atoms with van der Waals surface area (Å²) in [6, 6.07) is 5.51. The molecule has 0 amide bonds. The third kappa shape index (κ3) is 1.48. The SMILES string of the molecule is CCc1ccc(O)c(-c2cocn2)c1. The number of hydrogen-bond acceptors (Lipinski definition) is 3. The predicted molar refractivity (Wildman–Crippen MR) is 53.0 cm³/mol. The van der Waals surface area contributed by atoms with Crippen molar-refractivity contribution in [2.45, 2.75) is 13.3 Å². The number of nitrogens with zero attached hydrogens (tertiary/aromatic N) is 1. The van der Waals surface area contributed by atoms with Crippen molar-refractivity contribution < 1.29 is 9.52 Å². The monoisotopic (exact) mass is 189 g/mol. The van der Waals surface area contributed by atoms with E-state index < -0.39 is 0 Å². The average molecular weight is 189 g/mol. The Morgan fingerprint density at radius 2 is 2.29 bits per heavy atom. The quantitative estimate of drug-likeness (QED) is 0.789. The van der Waals surface area contributed by atoms with E-state index in [0.717, 1.165) is 12.0 Å². The van der Waals surface area contributed by atoms with Gasteiger partial charge in [0.15, 0.2) is 6.39 Å². The van der Waals surface area contributed by atoms with Crippen LogP contribution in [0.25, 0.3) is 11.3 Å². The summed E-state index contributed by atoms with van der Waals surface area (Å²) in [7, 11) is 0. The maximum absolute atomic E-state index is 9.62. The van der Waals surface area contributed by atoms with Gasteiger partial charge >= 0.3 is 0 Å². The van der Waals surface area contributed by atoms with Gasteiger partial charge in [-0.1, -0.05) is 13.0 Å². The lowest BCUT2D eigenvalue weighted by Gasteiger charge is -2.03. The number of rotatable bonds is 2. The van der Waals surface area contributed by atoms with E-state index in [0.29, 0.717) is 5.69 Å². The molecule has 0 aliphatic heterocycles. The van der Waals surface area contributed by atoms with Gasteiger partial charge in [0, 0.05) is 5.56 Å². The van der Waals surface area contributed by atoms with Crippen LogP contribution in [0.3, 0.4) is 0 Å². The topological polar surface area (TPSA) is 46.3 Å². The van der Waals surface area contributed by atoms with Crippen LogP contribution in [-0.4, -0.2) is 10.1 Å². The van der Waals surface area contributed by atoms with E-state index in [9.17, 15) is 5.11 Å². The van der Waals surface area contributed by atoms with Crippen molar-refractivity contribution in [3.63, 3.8) is 0 Å². The molecule has 1 aromatic carbocycles. The van der Waals surface area contributed by atoms with E-state index in [1.807, 2.05) is 12.1 Å². The lowest BCUT2D eigenvalue weighted by Crippen LogP contribution is -1.83. The van der Waals surface area contributed by atoms with E-state index in [1.54, 1.807) is 6.07 Å². The first kappa shape index (κ1) is 8.81. The van der Waals surface area contributed by atoms with Crippen LogP contribution >= 0.6 is 0 Å². The number of aromatic hydroxyl groups is 1. The molecule has 3 heteroatoms. The zero-order chi connectivity index (χ0) is 9.97. The predicted octanol–water partition coefficient (Wildman–Crippen LogP) is 2.61. The smallest absolute Gasteiger partial charge is 0.181 e. The Kier molecular flexibility index (Phi) is 2.23. The number of aromatic nitrogens is 1. The lowest BCUT2D eigenvalue weighted by molar-refractivity contribution is 0.477. The minimum atomic E-state index is 0.233. The Labute approximate surface area is 82.0 Å². The van der Waals surface area contributed by atoms with Crippen LogP contribution in [0.4, 0.5) is 0 Å². The minimum Gasteiger partial charge on any atom is -0.507 e. The summed E-state index contributed by atoms with van der Waals surface area (Å²) in [5.74, 6) is 0.233. The molecule has 0 atom stereocenters. The van der Waals surface area contributed by atoms with Crippen molar-refractivity contribution >= 4 is 0 Å². The molecule has 0 aliphatic rings. The third-order valence-corrected chi connectivity index (χ3v) is 2.18. The van der Waals surface area contributed by atoms with E-state index in [1.165, 1.54) is 18.2 Å². The highest BCUT2D eigenvalue weighted by molar-refractivity contribution is 5.66. The second-order valence-corrected chi connectivity index (χ2v) is 3.08. The van der Waals surface area contributed by atoms with Crippen molar-refractivity contribution in [2.24, 2.45) is 0 Å². The number of hydrogen-bond donors (Lipinski definition) is 1. The second-order valence-electron chi connectivity index (χ2n) is 3.08. The molecule has 14 heavy (non-hydrogen) atoms. The molecule has 1 heterocycles. The molecule has 0 fully saturated rings. The van der Waals surface area contributed by atoms with Crippen molar-refractivity contribution in [1.82, 2.24) is 4.98 Å². The Morgan fingerprint density at radius 3 is 2.93 bits per heavy atom. The highest BCUT2D eigenvalue weighted by atomic mass is 16.3. The van der Waals surface area contributed by atoms with Crippen LogP contribution in [0, 0.1) is 0 Å². The number of benzene rings is 1. The number of oxazole rings is 1. The van der Waals surface area contributed by atoms with Crippen LogP contribution < -0.4 is 0 Å². The molecule has 0 saturated heterocycles. The van der Waals surface area contributed by atoms with Crippen LogP contribution in [0.2, 0.25) is 0 Å². The van der Waals surface area contributed by atoms with E-state index in [4.69, 9.17) is 4.42 Å². The number of aryl methyl sites for hydroxylation is 1. The van der Waals surface area contributed by atoms with Gasteiger partial charge in [-0.25, -0.2) is 4.98 Å². The molecular weight excluding hydrogens is 178 g/mol. The molecule has 0 saturated carbocycles. The molecule has 0 unspecified atom stereocenters. The van der Waals surface area contributed by atoms with E-state index in [-0.39, 0.29) is 5.75 Å². The summed E-state index contributed by atoms with van der Waals surface area (Å²) in [5.41, 5.74) is 2.55. The fraction of sp³-hybridized carbons (Fsp3) is 0.182. The zero-order valence-corrected chi connectivity index (χ0v) is 7.90. The largest absolute Gasteiger partial charge is 0.507 e. The molecule has 2 aromatic rings. The zero-order valence-electron chi connectivity index (χ0n) is 7.90. The fourth-order valence-electron chi connectivity index (χ4n) is 1.35. The van der Waals surface area contributed by atoms with Crippen LogP contribution in [0.1, 0.15) is 12.5 Å². The number of phenolic OH excluding ortho intramolecular Hbond substituents is 1. The Balaban J connectivity index is 2.51. The van der Waals surface area contributed by atoms with Gasteiger partial charge in [0.1, 0.15) is 17.7 Å². The van der Waals surface area contributed by atoms with Crippen molar-refractivity contribution in [2.75, 3.05) is 0 Å². The van der Waals surface area contributed by atoms with Gasteiger partial charge in [0.05, 0.1) is 0 Å². The fourth-order valence-corrected chi connectivity index (χ4v) is 1.35. The van der Waals surface area contributed by atoms with Gasteiger partial charge < -0.3 is 9.52 Å². The molecule has 0 radical (unpaired) electrons. The molecular formula is C11H11NO2. The molecule has 3 nitrogen and oxygen atoms in total. The average Bonchev–Trinajstić information content (AvgIpc) is 2.71. The Hall–Kier alpha value is -1.77. The van der Waals surface area contributed by atoms with Crippen LogP contribution in [0.5, 0.6) is 5.75 Å². The lowest BCUT2D eigenvalue weighted by atomic mass is 10.1. The first-order valence-electron chi connectivity index (χ1n) is 4.51. The maximum atomic E-state index is 9.62. The van der Waals surface area contributed by atoms with Crippen molar-refractivity contribution in [1.29, 1.82) is 0 Å². The highest BCUT2D eigenvalue weighted by Crippen LogP contribution is 2.28. The molecule has 1 aromatic heterocycles. The van der Waals surface area contributed by atoms with Gasteiger partial charge in [-0.15, -0.1) is 0 Å². The van der Waals surface area contributed by atoms with Gasteiger partial charge in [0.2, 0.25) is 0 Å². The van der Waals surface area contributed by atoms with Gasteiger partial charge in [-0.3, -0.25) is 0 Å². The molecule has 0 bridgehead atoms. The van der Waals surface area contributed by atoms with E-state index in [2.05, 4.69) is 11.9 Å². The summed E-state index contributed by atoms with van der Waals surface area (Å²) < 4.78 is 4.88. The van der Waals surface area contributed by atoms with Crippen molar-refractivity contribution in [3.8, 4) is 17.0 Å². The highest BCUT2D eigenvalue weighted by Gasteiger charge is 2.07. The summed E-state index contributed by atoms with van der Waals surface area (Å²) in [5, 5.41) is 9.62. The van der Waals surface area contributed by atoms with Crippen LogP contribution in [0.15, 0.2) is 35.3 Å². The molecule has 1 N–H and O–H groups in total. The maximum Gasteiger partial charge on any atom is 0.181 e. The summed E-state index contributed by atoms with van der Waals surface area (Å²) in [6.07, 6.45) is 3.81. The van der Waals surface area contributed by atoms with Crippen molar-refractivity contribution in [3.05, 3.63) is 36.4 Å². The normalized spacial score (nSPS) is 10.4. The first-order chi connectivity index (χ1) is 6.81.